The van der Waals surface area contributed by atoms with E-state index in [1.807, 2.05) is 37.3 Å². The number of amides is 1. The van der Waals surface area contributed by atoms with Gasteiger partial charge in [0.05, 0.1) is 11.4 Å². The van der Waals surface area contributed by atoms with E-state index in [0.29, 0.717) is 5.69 Å². The van der Waals surface area contributed by atoms with Crippen molar-refractivity contribution >= 4 is 40.0 Å². The first kappa shape index (κ1) is 18.8. The molecule has 27 heavy (non-hydrogen) atoms. The number of aryl methyl sites for hydroxylation is 1. The van der Waals surface area contributed by atoms with E-state index in [9.17, 15) is 9.00 Å². The number of hydrazone groups is 1. The number of hydrogen-bond donors (Lipinski definition) is 2. The van der Waals surface area contributed by atoms with Crippen molar-refractivity contribution in [3.8, 4) is 0 Å². The average molecular weight is 382 g/mol. The van der Waals surface area contributed by atoms with Gasteiger partial charge in [-0.3, -0.25) is 9.00 Å². The number of hydrogen-bond acceptors (Lipinski definition) is 5. The summed E-state index contributed by atoms with van der Waals surface area (Å²) in [4.78, 5) is 12.0. The number of primary amides is 1. The topological polar surface area (TPSA) is 102 Å². The standard InChI is InChI=1S/C20H22N4O2S/c1-13-3-4-14-5-6-15(21)11-18(14)20(13)24(23-12-19(22)25)16-7-9-17(10-8-16)27(2)26/h5-12H,3-4,21H2,1-2H3,(H2,22,25)/b23-12+. The van der Waals surface area contributed by atoms with E-state index >= 15 is 0 Å². The summed E-state index contributed by atoms with van der Waals surface area (Å²) in [6.45, 7) is 2.05. The minimum absolute atomic E-state index is 0.631. The van der Waals surface area contributed by atoms with Crippen molar-refractivity contribution in [3.05, 3.63) is 59.2 Å². The molecule has 0 aromatic heterocycles. The van der Waals surface area contributed by atoms with Gasteiger partial charge in [-0.1, -0.05) is 6.07 Å². The Kier molecular flexibility index (Phi) is 5.41. The van der Waals surface area contributed by atoms with E-state index in [4.69, 9.17) is 11.5 Å². The van der Waals surface area contributed by atoms with Crippen LogP contribution in [0.1, 0.15) is 24.5 Å². The summed E-state index contributed by atoms with van der Waals surface area (Å²) in [5, 5.41) is 6.02. The number of carbonyl (C=O) groups excluding carboxylic acids is 1. The van der Waals surface area contributed by atoms with Gasteiger partial charge in [0.2, 0.25) is 0 Å². The molecule has 1 amide bonds. The Labute approximate surface area is 161 Å². The van der Waals surface area contributed by atoms with Crippen molar-refractivity contribution in [1.82, 2.24) is 0 Å². The maximum absolute atomic E-state index is 11.7. The third-order valence-electron chi connectivity index (χ3n) is 4.49. The molecule has 2 aromatic rings. The summed E-state index contributed by atoms with van der Waals surface area (Å²) < 4.78 is 11.7. The smallest absolute Gasteiger partial charge is 0.261 e. The summed E-state index contributed by atoms with van der Waals surface area (Å²) in [6, 6.07) is 13.1. The Morgan fingerprint density at radius 1 is 1.19 bits per heavy atom. The molecule has 1 atom stereocenters. The van der Waals surface area contributed by atoms with Crippen LogP contribution in [0.3, 0.4) is 0 Å². The Balaban J connectivity index is 2.15. The van der Waals surface area contributed by atoms with Crippen molar-refractivity contribution < 1.29 is 9.00 Å². The van der Waals surface area contributed by atoms with Crippen LogP contribution in [0.5, 0.6) is 0 Å². The van der Waals surface area contributed by atoms with Crippen LogP contribution in [0.2, 0.25) is 0 Å². The van der Waals surface area contributed by atoms with Crippen LogP contribution in [0, 0.1) is 0 Å². The first-order valence-corrected chi connectivity index (χ1v) is 10.1. The lowest BCUT2D eigenvalue weighted by Crippen LogP contribution is -2.22. The zero-order chi connectivity index (χ0) is 19.6. The van der Waals surface area contributed by atoms with Crippen LogP contribution in [-0.2, 0) is 22.0 Å². The summed E-state index contributed by atoms with van der Waals surface area (Å²) >= 11 is 0. The summed E-state index contributed by atoms with van der Waals surface area (Å²) in [5.74, 6) is -0.631. The number of nitrogens with zero attached hydrogens (tertiary/aromatic N) is 2. The third kappa shape index (κ3) is 4.09. The maximum Gasteiger partial charge on any atom is 0.261 e. The van der Waals surface area contributed by atoms with Crippen LogP contribution < -0.4 is 16.5 Å². The van der Waals surface area contributed by atoms with E-state index in [-0.39, 0.29) is 0 Å². The Hall–Kier alpha value is -2.93. The molecule has 0 heterocycles. The fraction of sp³-hybridized carbons (Fsp3) is 0.200. The molecule has 2 aromatic carbocycles. The SMILES string of the molecule is CC1=C(N(/N=C/C(N)=O)c2ccc(S(C)=O)cc2)c2cc(N)ccc2CC1. The Bertz CT molecular complexity index is 964. The second-order valence-corrected chi connectivity index (χ2v) is 7.83. The number of nitrogens with two attached hydrogens (primary N) is 2. The Morgan fingerprint density at radius 2 is 1.89 bits per heavy atom. The van der Waals surface area contributed by atoms with Crippen molar-refractivity contribution in [1.29, 1.82) is 0 Å². The molecule has 1 aliphatic carbocycles. The van der Waals surface area contributed by atoms with Gasteiger partial charge in [-0.05, 0) is 67.3 Å². The average Bonchev–Trinajstić information content (AvgIpc) is 2.63. The van der Waals surface area contributed by atoms with Crippen LogP contribution >= 0.6 is 0 Å². The number of anilines is 2. The molecular weight excluding hydrogens is 360 g/mol. The molecule has 0 fully saturated rings. The lowest BCUT2D eigenvalue weighted by molar-refractivity contribution is -0.111. The molecule has 0 saturated carbocycles. The van der Waals surface area contributed by atoms with E-state index < -0.39 is 16.7 Å². The Morgan fingerprint density at radius 3 is 2.52 bits per heavy atom. The minimum atomic E-state index is -1.07. The molecule has 7 heteroatoms. The first-order valence-electron chi connectivity index (χ1n) is 8.52. The van der Waals surface area contributed by atoms with Gasteiger partial charge in [0, 0.05) is 33.2 Å². The molecule has 3 rings (SSSR count). The molecule has 4 N–H and O–H groups in total. The fourth-order valence-corrected chi connectivity index (χ4v) is 3.66. The van der Waals surface area contributed by atoms with E-state index in [1.165, 1.54) is 5.56 Å². The molecule has 140 valence electrons. The molecule has 0 aliphatic heterocycles. The lowest BCUT2D eigenvalue weighted by Gasteiger charge is -2.29. The molecule has 0 bridgehead atoms. The van der Waals surface area contributed by atoms with E-state index in [1.54, 1.807) is 23.4 Å². The van der Waals surface area contributed by atoms with Gasteiger partial charge in [0.25, 0.3) is 5.91 Å². The highest BCUT2D eigenvalue weighted by Crippen LogP contribution is 2.37. The second kappa shape index (κ2) is 7.75. The molecule has 0 spiro atoms. The van der Waals surface area contributed by atoms with Crippen molar-refractivity contribution in [2.75, 3.05) is 17.0 Å². The molecular formula is C20H22N4O2S. The molecule has 0 saturated heterocycles. The predicted octanol–water partition coefficient (Wildman–Crippen LogP) is 2.66. The molecule has 1 unspecified atom stereocenters. The fourth-order valence-electron chi connectivity index (χ4n) is 3.14. The summed E-state index contributed by atoms with van der Waals surface area (Å²) in [5.41, 5.74) is 16.9. The van der Waals surface area contributed by atoms with Crippen molar-refractivity contribution in [2.45, 2.75) is 24.7 Å². The zero-order valence-corrected chi connectivity index (χ0v) is 16.1. The van der Waals surface area contributed by atoms with Gasteiger partial charge in [-0.2, -0.15) is 5.10 Å². The number of carbonyl (C=O) groups is 1. The second-order valence-electron chi connectivity index (χ2n) is 6.45. The zero-order valence-electron chi connectivity index (χ0n) is 15.3. The number of allylic oxidation sites excluding steroid dienone is 1. The highest BCUT2D eigenvalue weighted by molar-refractivity contribution is 7.84. The van der Waals surface area contributed by atoms with Gasteiger partial charge in [-0.25, -0.2) is 5.01 Å². The largest absolute Gasteiger partial charge is 0.399 e. The molecule has 0 radical (unpaired) electrons. The number of nitrogen functional groups attached to an aromatic ring is 1. The van der Waals surface area contributed by atoms with Crippen LogP contribution in [0.4, 0.5) is 11.4 Å². The molecule has 6 nitrogen and oxygen atoms in total. The number of rotatable bonds is 5. The van der Waals surface area contributed by atoms with Gasteiger partial charge < -0.3 is 11.5 Å². The van der Waals surface area contributed by atoms with E-state index in [2.05, 4.69) is 5.10 Å². The lowest BCUT2D eigenvalue weighted by atomic mass is 9.89. The van der Waals surface area contributed by atoms with Gasteiger partial charge in [0.1, 0.15) is 6.21 Å². The molecule has 1 aliphatic rings. The maximum atomic E-state index is 11.7. The van der Waals surface area contributed by atoms with Crippen molar-refractivity contribution in [3.63, 3.8) is 0 Å². The predicted molar refractivity (Wildman–Crippen MR) is 111 cm³/mol. The number of benzene rings is 2. The first-order chi connectivity index (χ1) is 12.9. The summed E-state index contributed by atoms with van der Waals surface area (Å²) in [6.07, 6.45) is 4.52. The van der Waals surface area contributed by atoms with E-state index in [0.717, 1.165) is 46.5 Å². The van der Waals surface area contributed by atoms with Crippen molar-refractivity contribution in [2.24, 2.45) is 10.8 Å². The van der Waals surface area contributed by atoms with Gasteiger partial charge in [-0.15, -0.1) is 0 Å². The van der Waals surface area contributed by atoms with Crippen LogP contribution in [0.15, 0.2) is 58.0 Å². The third-order valence-corrected chi connectivity index (χ3v) is 5.42. The summed E-state index contributed by atoms with van der Waals surface area (Å²) in [7, 11) is -1.07. The quantitative estimate of drug-likeness (QED) is 0.471. The van der Waals surface area contributed by atoms with Crippen LogP contribution in [-0.4, -0.2) is 22.6 Å². The minimum Gasteiger partial charge on any atom is -0.399 e. The van der Waals surface area contributed by atoms with Gasteiger partial charge in [0.15, 0.2) is 0 Å². The normalized spacial score (nSPS) is 14.9. The van der Waals surface area contributed by atoms with Crippen LogP contribution in [0.25, 0.3) is 5.70 Å². The highest BCUT2D eigenvalue weighted by Gasteiger charge is 2.23. The monoisotopic (exact) mass is 382 g/mol. The van der Waals surface area contributed by atoms with Gasteiger partial charge >= 0.3 is 0 Å². The highest BCUT2D eigenvalue weighted by atomic mass is 32.2. The number of fused-ring (bicyclic) bond motifs is 1.